The quantitative estimate of drug-likeness (QED) is 0.655. The number of alkyl halides is 1. The number of hydrogen-bond acceptors (Lipinski definition) is 1. The largest absolute Gasteiger partial charge is 0.493 e. The smallest absolute Gasteiger partial charge is 0.125 e. The summed E-state index contributed by atoms with van der Waals surface area (Å²) in [5, 5.41) is 0. The van der Waals surface area contributed by atoms with Crippen LogP contribution in [0.3, 0.4) is 0 Å². The van der Waals surface area contributed by atoms with Crippen molar-refractivity contribution in [3.05, 3.63) is 29.3 Å². The molecular weight excluding hydrogens is 179 g/mol. The van der Waals surface area contributed by atoms with E-state index in [0.29, 0.717) is 13.0 Å². The van der Waals surface area contributed by atoms with Crippen molar-refractivity contribution in [3.8, 4) is 5.75 Å². The molecule has 0 amide bonds. The molecule has 0 fully saturated rings. The van der Waals surface area contributed by atoms with Crippen molar-refractivity contribution < 1.29 is 9.13 Å². The molecule has 0 aliphatic heterocycles. The fraction of sp³-hybridized carbons (Fsp3) is 0.500. The first-order chi connectivity index (χ1) is 6.75. The second-order valence-electron chi connectivity index (χ2n) is 3.47. The topological polar surface area (TPSA) is 9.23 Å². The van der Waals surface area contributed by atoms with Gasteiger partial charge in [-0.05, 0) is 37.8 Å². The highest BCUT2D eigenvalue weighted by molar-refractivity contribution is 5.39. The average molecular weight is 196 g/mol. The van der Waals surface area contributed by atoms with Crippen LogP contribution in [0.2, 0.25) is 0 Å². The van der Waals surface area contributed by atoms with E-state index in [0.717, 1.165) is 23.3 Å². The van der Waals surface area contributed by atoms with Crippen LogP contribution in [-0.2, 0) is 0 Å². The molecular formula is C12H17FO. The van der Waals surface area contributed by atoms with Crippen LogP contribution in [0.1, 0.15) is 24.0 Å². The maximum absolute atomic E-state index is 11.8. The van der Waals surface area contributed by atoms with Crippen molar-refractivity contribution in [3.63, 3.8) is 0 Å². The maximum atomic E-state index is 11.8. The third kappa shape index (κ3) is 3.02. The van der Waals surface area contributed by atoms with Gasteiger partial charge in [0.15, 0.2) is 0 Å². The molecule has 78 valence electrons. The minimum absolute atomic E-state index is 0.254. The van der Waals surface area contributed by atoms with Crippen molar-refractivity contribution in [2.24, 2.45) is 0 Å². The predicted molar refractivity (Wildman–Crippen MR) is 56.6 cm³/mol. The standard InChI is InChI=1S/C12H17FO/c1-10-6-5-7-11(2)12(10)14-9-4-3-8-13/h5-7H,3-4,8-9H2,1-2H3. The summed E-state index contributed by atoms with van der Waals surface area (Å²) in [7, 11) is 0. The Hall–Kier alpha value is -1.05. The van der Waals surface area contributed by atoms with Crippen molar-refractivity contribution in [2.45, 2.75) is 26.7 Å². The van der Waals surface area contributed by atoms with Crippen LogP contribution in [0, 0.1) is 13.8 Å². The van der Waals surface area contributed by atoms with Crippen molar-refractivity contribution in [1.82, 2.24) is 0 Å². The summed E-state index contributed by atoms with van der Waals surface area (Å²) in [6, 6.07) is 6.06. The summed E-state index contributed by atoms with van der Waals surface area (Å²) in [4.78, 5) is 0. The monoisotopic (exact) mass is 196 g/mol. The number of aryl methyl sites for hydroxylation is 2. The third-order valence-electron chi connectivity index (χ3n) is 2.18. The number of unbranched alkanes of at least 4 members (excludes halogenated alkanes) is 1. The zero-order valence-corrected chi connectivity index (χ0v) is 8.85. The molecule has 1 nitrogen and oxygen atoms in total. The highest BCUT2D eigenvalue weighted by Crippen LogP contribution is 2.22. The molecule has 0 saturated carbocycles. The van der Waals surface area contributed by atoms with E-state index in [-0.39, 0.29) is 6.67 Å². The number of halogens is 1. The Balaban J connectivity index is 2.49. The zero-order chi connectivity index (χ0) is 10.4. The normalized spacial score (nSPS) is 10.2. The van der Waals surface area contributed by atoms with E-state index in [1.807, 2.05) is 32.0 Å². The molecule has 0 bridgehead atoms. The molecule has 2 heteroatoms. The Morgan fingerprint density at radius 3 is 2.36 bits per heavy atom. The molecule has 0 aliphatic rings. The highest BCUT2D eigenvalue weighted by Gasteiger charge is 2.01. The molecule has 14 heavy (non-hydrogen) atoms. The molecule has 0 aromatic heterocycles. The van der Waals surface area contributed by atoms with Crippen molar-refractivity contribution in [2.75, 3.05) is 13.3 Å². The lowest BCUT2D eigenvalue weighted by Crippen LogP contribution is -2.00. The fourth-order valence-electron chi connectivity index (χ4n) is 1.40. The molecule has 1 aromatic rings. The van der Waals surface area contributed by atoms with Gasteiger partial charge in [0.2, 0.25) is 0 Å². The summed E-state index contributed by atoms with van der Waals surface area (Å²) in [6.45, 7) is 4.40. The van der Waals surface area contributed by atoms with Crippen LogP contribution in [-0.4, -0.2) is 13.3 Å². The molecule has 0 N–H and O–H groups in total. The lowest BCUT2D eigenvalue weighted by atomic mass is 10.1. The summed E-state index contributed by atoms with van der Waals surface area (Å²) in [6.07, 6.45) is 1.37. The summed E-state index contributed by atoms with van der Waals surface area (Å²) < 4.78 is 17.4. The van der Waals surface area contributed by atoms with Gasteiger partial charge in [-0.2, -0.15) is 0 Å². The molecule has 0 saturated heterocycles. The van der Waals surface area contributed by atoms with Crippen LogP contribution in [0.5, 0.6) is 5.75 Å². The first-order valence-electron chi connectivity index (χ1n) is 5.00. The van der Waals surface area contributed by atoms with Gasteiger partial charge < -0.3 is 4.74 Å². The number of benzene rings is 1. The van der Waals surface area contributed by atoms with Gasteiger partial charge in [-0.25, -0.2) is 0 Å². The first-order valence-corrected chi connectivity index (χ1v) is 5.00. The van der Waals surface area contributed by atoms with E-state index in [4.69, 9.17) is 4.74 Å². The first kappa shape index (κ1) is 11.0. The number of rotatable bonds is 5. The Morgan fingerprint density at radius 1 is 1.14 bits per heavy atom. The molecule has 1 aromatic carbocycles. The average Bonchev–Trinajstić information content (AvgIpc) is 2.16. The molecule has 0 spiro atoms. The Kier molecular flexibility index (Phi) is 4.44. The van der Waals surface area contributed by atoms with Crippen molar-refractivity contribution >= 4 is 0 Å². The van der Waals surface area contributed by atoms with E-state index in [9.17, 15) is 4.39 Å². The minimum Gasteiger partial charge on any atom is -0.493 e. The molecule has 0 aliphatic carbocycles. The zero-order valence-electron chi connectivity index (χ0n) is 8.85. The second kappa shape index (κ2) is 5.63. The van der Waals surface area contributed by atoms with Gasteiger partial charge >= 0.3 is 0 Å². The highest BCUT2D eigenvalue weighted by atomic mass is 19.1. The van der Waals surface area contributed by atoms with E-state index in [1.165, 1.54) is 0 Å². The summed E-state index contributed by atoms with van der Waals surface area (Å²) in [5.74, 6) is 0.950. The Labute approximate surface area is 84.9 Å². The van der Waals surface area contributed by atoms with Crippen LogP contribution in [0.4, 0.5) is 4.39 Å². The number of ether oxygens (including phenoxy) is 1. The molecule has 0 radical (unpaired) electrons. The van der Waals surface area contributed by atoms with Crippen LogP contribution in [0.15, 0.2) is 18.2 Å². The fourth-order valence-corrected chi connectivity index (χ4v) is 1.40. The summed E-state index contributed by atoms with van der Waals surface area (Å²) >= 11 is 0. The lowest BCUT2D eigenvalue weighted by molar-refractivity contribution is 0.294. The lowest BCUT2D eigenvalue weighted by Gasteiger charge is -2.11. The van der Waals surface area contributed by atoms with E-state index < -0.39 is 0 Å². The van der Waals surface area contributed by atoms with E-state index >= 15 is 0 Å². The van der Waals surface area contributed by atoms with E-state index in [2.05, 4.69) is 0 Å². The number of para-hydroxylation sites is 1. The second-order valence-corrected chi connectivity index (χ2v) is 3.47. The van der Waals surface area contributed by atoms with Crippen molar-refractivity contribution in [1.29, 1.82) is 0 Å². The van der Waals surface area contributed by atoms with Gasteiger partial charge in [-0.15, -0.1) is 0 Å². The molecule has 0 heterocycles. The van der Waals surface area contributed by atoms with Gasteiger partial charge in [0.05, 0.1) is 13.3 Å². The third-order valence-corrected chi connectivity index (χ3v) is 2.18. The van der Waals surface area contributed by atoms with Crippen LogP contribution < -0.4 is 4.74 Å². The van der Waals surface area contributed by atoms with Gasteiger partial charge in [-0.3, -0.25) is 4.39 Å². The maximum Gasteiger partial charge on any atom is 0.125 e. The van der Waals surface area contributed by atoms with Gasteiger partial charge in [0, 0.05) is 0 Å². The SMILES string of the molecule is Cc1cccc(C)c1OCCCCF. The number of hydrogen-bond donors (Lipinski definition) is 0. The van der Waals surface area contributed by atoms with Crippen LogP contribution >= 0.6 is 0 Å². The van der Waals surface area contributed by atoms with Crippen LogP contribution in [0.25, 0.3) is 0 Å². The molecule has 1 rings (SSSR count). The Bertz CT molecular complexity index is 263. The van der Waals surface area contributed by atoms with E-state index in [1.54, 1.807) is 0 Å². The molecule has 0 unspecified atom stereocenters. The van der Waals surface area contributed by atoms with Gasteiger partial charge in [0.25, 0.3) is 0 Å². The minimum atomic E-state index is -0.254. The Morgan fingerprint density at radius 2 is 1.79 bits per heavy atom. The summed E-state index contributed by atoms with van der Waals surface area (Å²) in [5.41, 5.74) is 2.29. The molecule has 0 atom stereocenters. The van der Waals surface area contributed by atoms with Gasteiger partial charge in [-0.1, -0.05) is 18.2 Å². The van der Waals surface area contributed by atoms with Gasteiger partial charge in [0.1, 0.15) is 5.75 Å². The predicted octanol–water partition coefficient (Wildman–Crippen LogP) is 3.43.